The molecule has 3 heteroatoms. The van der Waals surface area contributed by atoms with Gasteiger partial charge in [-0.1, -0.05) is 25.0 Å². The van der Waals surface area contributed by atoms with Crippen LogP contribution in [0.2, 0.25) is 0 Å². The zero-order chi connectivity index (χ0) is 14.8. The summed E-state index contributed by atoms with van der Waals surface area (Å²) in [7, 11) is 0. The maximum Gasteiger partial charge on any atom is 0.263 e. The molecule has 0 aromatic heterocycles. The molecule has 0 bridgehead atoms. The van der Waals surface area contributed by atoms with Gasteiger partial charge in [-0.2, -0.15) is 0 Å². The van der Waals surface area contributed by atoms with Crippen molar-refractivity contribution < 1.29 is 9.53 Å². The van der Waals surface area contributed by atoms with Gasteiger partial charge in [0.2, 0.25) is 0 Å². The van der Waals surface area contributed by atoms with E-state index in [-0.39, 0.29) is 5.91 Å². The minimum Gasteiger partial charge on any atom is -0.481 e. The lowest BCUT2D eigenvalue weighted by atomic mass is 10.1. The highest BCUT2D eigenvalue weighted by atomic mass is 16.5. The van der Waals surface area contributed by atoms with Crippen LogP contribution in [-0.2, 0) is 4.79 Å². The second-order valence-corrected chi connectivity index (χ2v) is 6.49. The van der Waals surface area contributed by atoms with Crippen LogP contribution in [0, 0.1) is 6.92 Å². The van der Waals surface area contributed by atoms with Crippen LogP contribution in [0.5, 0.6) is 5.75 Å². The first-order valence-corrected chi connectivity index (χ1v) is 8.20. The summed E-state index contributed by atoms with van der Waals surface area (Å²) in [6, 6.07) is 8.85. The maximum atomic E-state index is 12.8. The van der Waals surface area contributed by atoms with E-state index >= 15 is 0 Å². The van der Waals surface area contributed by atoms with Crippen LogP contribution in [0.4, 0.5) is 0 Å². The first-order valence-electron chi connectivity index (χ1n) is 8.20. The van der Waals surface area contributed by atoms with Crippen LogP contribution in [0.15, 0.2) is 24.3 Å². The van der Waals surface area contributed by atoms with Gasteiger partial charge in [-0.15, -0.1) is 0 Å². The molecule has 0 aliphatic heterocycles. The normalized spacial score (nSPS) is 20.3. The Bertz CT molecular complexity index is 504. The Kier molecular flexibility index (Phi) is 4.18. The molecule has 2 aliphatic rings. The van der Waals surface area contributed by atoms with E-state index in [1.54, 1.807) is 0 Å². The molecule has 0 saturated heterocycles. The van der Waals surface area contributed by atoms with Crippen molar-refractivity contribution in [2.24, 2.45) is 0 Å². The lowest BCUT2D eigenvalue weighted by Gasteiger charge is -2.31. The van der Waals surface area contributed by atoms with Gasteiger partial charge in [0.25, 0.3) is 5.91 Å². The number of carbonyl (C=O) groups excluding carboxylic acids is 1. The van der Waals surface area contributed by atoms with Crippen LogP contribution in [0.3, 0.4) is 0 Å². The largest absolute Gasteiger partial charge is 0.481 e. The molecule has 21 heavy (non-hydrogen) atoms. The highest BCUT2D eigenvalue weighted by molar-refractivity contribution is 5.82. The predicted octanol–water partition coefficient (Wildman–Crippen LogP) is 3.70. The van der Waals surface area contributed by atoms with E-state index < -0.39 is 6.10 Å². The summed E-state index contributed by atoms with van der Waals surface area (Å²) in [5, 5.41) is 0. The Morgan fingerprint density at radius 2 is 1.86 bits per heavy atom. The Balaban J connectivity index is 1.67. The molecule has 0 heterocycles. The van der Waals surface area contributed by atoms with Crippen LogP contribution in [-0.4, -0.2) is 29.0 Å². The summed E-state index contributed by atoms with van der Waals surface area (Å²) >= 11 is 0. The topological polar surface area (TPSA) is 29.5 Å². The Labute approximate surface area is 127 Å². The third-order valence-electron chi connectivity index (χ3n) is 4.56. The summed E-state index contributed by atoms with van der Waals surface area (Å²) in [4.78, 5) is 14.9. The second kappa shape index (κ2) is 6.08. The quantitative estimate of drug-likeness (QED) is 0.826. The number of rotatable bonds is 5. The van der Waals surface area contributed by atoms with E-state index in [2.05, 4.69) is 4.90 Å². The predicted molar refractivity (Wildman–Crippen MR) is 83.4 cm³/mol. The van der Waals surface area contributed by atoms with Crippen molar-refractivity contribution in [3.63, 3.8) is 0 Å². The maximum absolute atomic E-state index is 12.8. The summed E-state index contributed by atoms with van der Waals surface area (Å²) in [5.74, 6) is 0.962. The highest BCUT2D eigenvalue weighted by Gasteiger charge is 2.40. The second-order valence-electron chi connectivity index (χ2n) is 6.49. The summed E-state index contributed by atoms with van der Waals surface area (Å²) < 4.78 is 5.88. The van der Waals surface area contributed by atoms with Crippen molar-refractivity contribution in [1.82, 2.24) is 4.90 Å². The first-order chi connectivity index (χ1) is 10.1. The molecule has 1 atom stereocenters. The summed E-state index contributed by atoms with van der Waals surface area (Å²) in [6.45, 7) is 3.92. The summed E-state index contributed by atoms with van der Waals surface area (Å²) in [5.41, 5.74) is 1.15. The zero-order valence-electron chi connectivity index (χ0n) is 13.0. The Morgan fingerprint density at radius 3 is 2.48 bits per heavy atom. The molecule has 1 amide bonds. The number of amides is 1. The molecule has 1 aromatic carbocycles. The number of benzene rings is 1. The molecular formula is C18H25NO2. The SMILES string of the molecule is Cc1cccc(OC(C)C(=O)N(C2CCCC2)C2CC2)c1. The van der Waals surface area contributed by atoms with Gasteiger partial charge >= 0.3 is 0 Å². The molecule has 2 fully saturated rings. The average Bonchev–Trinajstić information content (AvgIpc) is 3.13. The number of carbonyl (C=O) groups is 1. The molecule has 114 valence electrons. The number of hydrogen-bond acceptors (Lipinski definition) is 2. The lowest BCUT2D eigenvalue weighted by molar-refractivity contribution is -0.141. The van der Waals surface area contributed by atoms with Gasteiger partial charge in [-0.3, -0.25) is 4.79 Å². The Hall–Kier alpha value is -1.51. The smallest absolute Gasteiger partial charge is 0.263 e. The molecule has 2 aliphatic carbocycles. The molecular weight excluding hydrogens is 262 g/mol. The van der Waals surface area contributed by atoms with Crippen molar-refractivity contribution in [2.75, 3.05) is 0 Å². The summed E-state index contributed by atoms with van der Waals surface area (Å²) in [6.07, 6.45) is 6.79. The van der Waals surface area contributed by atoms with Crippen molar-refractivity contribution >= 4 is 5.91 Å². The van der Waals surface area contributed by atoms with E-state index in [0.717, 1.165) is 11.3 Å². The van der Waals surface area contributed by atoms with Gasteiger partial charge in [0, 0.05) is 12.1 Å². The molecule has 0 N–H and O–H groups in total. The van der Waals surface area contributed by atoms with Gasteiger partial charge < -0.3 is 9.64 Å². The van der Waals surface area contributed by atoms with Gasteiger partial charge in [0.05, 0.1) is 0 Å². The monoisotopic (exact) mass is 287 g/mol. The third-order valence-corrected chi connectivity index (χ3v) is 4.56. The van der Waals surface area contributed by atoms with E-state index in [4.69, 9.17) is 4.74 Å². The average molecular weight is 287 g/mol. The molecule has 3 nitrogen and oxygen atoms in total. The number of nitrogens with zero attached hydrogens (tertiary/aromatic N) is 1. The Morgan fingerprint density at radius 1 is 1.19 bits per heavy atom. The molecule has 1 unspecified atom stereocenters. The molecule has 0 spiro atoms. The van der Waals surface area contributed by atoms with Crippen LogP contribution in [0.1, 0.15) is 51.0 Å². The van der Waals surface area contributed by atoms with Crippen LogP contribution < -0.4 is 4.74 Å². The highest BCUT2D eigenvalue weighted by Crippen LogP contribution is 2.35. The van der Waals surface area contributed by atoms with E-state index in [9.17, 15) is 4.79 Å². The van der Waals surface area contributed by atoms with Gasteiger partial charge in [-0.05, 0) is 57.2 Å². The lowest BCUT2D eigenvalue weighted by Crippen LogP contribution is -2.46. The number of aryl methyl sites for hydroxylation is 1. The first kappa shape index (κ1) is 14.4. The third kappa shape index (κ3) is 3.39. The minimum atomic E-state index is -0.395. The fourth-order valence-corrected chi connectivity index (χ4v) is 3.35. The van der Waals surface area contributed by atoms with Crippen LogP contribution in [0.25, 0.3) is 0 Å². The van der Waals surface area contributed by atoms with Gasteiger partial charge in [0.15, 0.2) is 6.10 Å². The molecule has 2 saturated carbocycles. The molecule has 3 rings (SSSR count). The van der Waals surface area contributed by atoms with Crippen molar-refractivity contribution in [1.29, 1.82) is 0 Å². The number of ether oxygens (including phenoxy) is 1. The number of hydrogen-bond donors (Lipinski definition) is 0. The fraction of sp³-hybridized carbons (Fsp3) is 0.611. The van der Waals surface area contributed by atoms with E-state index in [1.807, 2.05) is 38.1 Å². The van der Waals surface area contributed by atoms with Crippen LogP contribution >= 0.6 is 0 Å². The fourth-order valence-electron chi connectivity index (χ4n) is 3.35. The van der Waals surface area contributed by atoms with Crippen molar-refractivity contribution in [2.45, 2.75) is 70.6 Å². The van der Waals surface area contributed by atoms with Crippen molar-refractivity contribution in [3.8, 4) is 5.75 Å². The van der Waals surface area contributed by atoms with Gasteiger partial charge in [0.1, 0.15) is 5.75 Å². The van der Waals surface area contributed by atoms with E-state index in [0.29, 0.717) is 12.1 Å². The molecule has 0 radical (unpaired) electrons. The van der Waals surface area contributed by atoms with E-state index in [1.165, 1.54) is 38.5 Å². The van der Waals surface area contributed by atoms with Gasteiger partial charge in [-0.25, -0.2) is 0 Å². The van der Waals surface area contributed by atoms with Crippen molar-refractivity contribution in [3.05, 3.63) is 29.8 Å². The zero-order valence-corrected chi connectivity index (χ0v) is 13.0. The molecule has 1 aromatic rings. The minimum absolute atomic E-state index is 0.172. The standard InChI is InChI=1S/C18H25NO2/c1-13-6-5-9-17(12-13)21-14(2)18(20)19(16-10-11-16)15-7-3-4-8-15/h5-6,9,12,14-16H,3-4,7-8,10-11H2,1-2H3.